The average Bonchev–Trinajstić information content (AvgIpc) is 3.00. The summed E-state index contributed by atoms with van der Waals surface area (Å²) in [6, 6.07) is 0.697. The molecule has 17 heavy (non-hydrogen) atoms. The first-order chi connectivity index (χ1) is 7.84. The van der Waals surface area contributed by atoms with Crippen LogP contribution in [0.1, 0.15) is 53.9 Å². The molecule has 2 heteroatoms. The Kier molecular flexibility index (Phi) is 3.57. The molecule has 1 aliphatic heterocycles. The van der Waals surface area contributed by atoms with Gasteiger partial charge in [0.2, 0.25) is 0 Å². The van der Waals surface area contributed by atoms with E-state index in [1.807, 2.05) is 0 Å². The first-order valence-electron chi connectivity index (χ1n) is 7.33. The lowest BCUT2D eigenvalue weighted by molar-refractivity contribution is 0.0232. The Labute approximate surface area is 107 Å². The van der Waals surface area contributed by atoms with E-state index in [2.05, 4.69) is 44.8 Å². The van der Waals surface area contributed by atoms with Crippen molar-refractivity contribution < 1.29 is 0 Å². The van der Waals surface area contributed by atoms with Crippen molar-refractivity contribution in [1.82, 2.24) is 10.2 Å². The van der Waals surface area contributed by atoms with Crippen LogP contribution in [0.5, 0.6) is 0 Å². The third-order valence-corrected chi connectivity index (χ3v) is 4.68. The van der Waals surface area contributed by atoms with Crippen LogP contribution < -0.4 is 5.32 Å². The summed E-state index contributed by atoms with van der Waals surface area (Å²) >= 11 is 0. The van der Waals surface area contributed by atoms with Gasteiger partial charge in [0.05, 0.1) is 0 Å². The highest BCUT2D eigenvalue weighted by molar-refractivity contribution is 4.99. The van der Waals surface area contributed by atoms with Crippen molar-refractivity contribution in [1.29, 1.82) is 0 Å². The van der Waals surface area contributed by atoms with E-state index < -0.39 is 0 Å². The van der Waals surface area contributed by atoms with Crippen LogP contribution in [0.4, 0.5) is 0 Å². The monoisotopic (exact) mass is 238 g/mol. The molecule has 1 aliphatic carbocycles. The van der Waals surface area contributed by atoms with Crippen LogP contribution in [0.25, 0.3) is 0 Å². The minimum Gasteiger partial charge on any atom is -0.309 e. The van der Waals surface area contributed by atoms with Gasteiger partial charge in [-0.3, -0.25) is 4.90 Å². The van der Waals surface area contributed by atoms with E-state index in [-0.39, 0.29) is 0 Å². The normalized spacial score (nSPS) is 36.2. The maximum atomic E-state index is 3.78. The van der Waals surface area contributed by atoms with Gasteiger partial charge >= 0.3 is 0 Å². The fourth-order valence-electron chi connectivity index (χ4n) is 3.00. The first kappa shape index (κ1) is 13.4. The van der Waals surface area contributed by atoms with E-state index in [1.54, 1.807) is 0 Å². The maximum Gasteiger partial charge on any atom is 0.0278 e. The summed E-state index contributed by atoms with van der Waals surface area (Å²) in [6.07, 6.45) is 4.15. The van der Waals surface area contributed by atoms with Crippen molar-refractivity contribution in [2.24, 2.45) is 11.3 Å². The van der Waals surface area contributed by atoms with Gasteiger partial charge in [-0.15, -0.1) is 0 Å². The van der Waals surface area contributed by atoms with Crippen LogP contribution in [0.15, 0.2) is 0 Å². The zero-order valence-corrected chi connectivity index (χ0v) is 12.3. The molecule has 0 amide bonds. The van der Waals surface area contributed by atoms with Gasteiger partial charge in [-0.05, 0) is 37.5 Å². The molecule has 0 aromatic carbocycles. The van der Waals surface area contributed by atoms with Crippen molar-refractivity contribution in [3.8, 4) is 0 Å². The van der Waals surface area contributed by atoms with Gasteiger partial charge < -0.3 is 5.32 Å². The van der Waals surface area contributed by atoms with Gasteiger partial charge in [-0.2, -0.15) is 0 Å². The Morgan fingerprint density at radius 2 is 1.94 bits per heavy atom. The summed E-state index contributed by atoms with van der Waals surface area (Å²) in [7, 11) is 0. The highest BCUT2D eigenvalue weighted by Gasteiger charge is 2.41. The van der Waals surface area contributed by atoms with E-state index in [9.17, 15) is 0 Å². The fourth-order valence-corrected chi connectivity index (χ4v) is 3.00. The van der Waals surface area contributed by atoms with E-state index in [4.69, 9.17) is 0 Å². The van der Waals surface area contributed by atoms with Crippen molar-refractivity contribution in [2.45, 2.75) is 65.5 Å². The van der Waals surface area contributed by atoms with Crippen LogP contribution in [-0.4, -0.2) is 36.1 Å². The molecule has 2 rings (SSSR count). The summed E-state index contributed by atoms with van der Waals surface area (Å²) in [5, 5.41) is 3.78. The molecular formula is C15H30N2. The molecule has 1 saturated heterocycles. The van der Waals surface area contributed by atoms with E-state index in [0.29, 0.717) is 17.0 Å². The van der Waals surface area contributed by atoms with Crippen molar-refractivity contribution in [3.05, 3.63) is 0 Å². The molecule has 2 unspecified atom stereocenters. The van der Waals surface area contributed by atoms with Crippen LogP contribution >= 0.6 is 0 Å². The van der Waals surface area contributed by atoms with Crippen molar-refractivity contribution in [3.63, 3.8) is 0 Å². The summed E-state index contributed by atoms with van der Waals surface area (Å²) in [5.41, 5.74) is 0.716. The number of rotatable bonds is 3. The lowest BCUT2D eigenvalue weighted by Gasteiger charge is -2.50. The third kappa shape index (κ3) is 3.23. The van der Waals surface area contributed by atoms with E-state index >= 15 is 0 Å². The molecule has 2 atom stereocenters. The third-order valence-electron chi connectivity index (χ3n) is 4.68. The lowest BCUT2D eigenvalue weighted by atomic mass is 9.81. The summed E-state index contributed by atoms with van der Waals surface area (Å²) in [4.78, 5) is 2.78. The molecule has 2 nitrogen and oxygen atoms in total. The fraction of sp³-hybridized carbons (Fsp3) is 1.00. The minimum absolute atomic E-state index is 0.330. The quantitative estimate of drug-likeness (QED) is 0.813. The summed E-state index contributed by atoms with van der Waals surface area (Å²) < 4.78 is 0. The number of hydrogen-bond acceptors (Lipinski definition) is 2. The predicted octanol–water partition coefficient (Wildman–Crippen LogP) is 2.89. The molecular weight excluding hydrogens is 208 g/mol. The Balaban J connectivity index is 2.06. The van der Waals surface area contributed by atoms with Gasteiger partial charge in [0.15, 0.2) is 0 Å². The van der Waals surface area contributed by atoms with Gasteiger partial charge in [-0.1, -0.05) is 27.7 Å². The number of hydrogen-bond donors (Lipinski definition) is 1. The standard InChI is InChI=1S/C15H30N2/c1-6-15(5)11-17(10-12-7-8-12)13(9-16-15)14(2,3)4/h12-13,16H,6-11H2,1-5H3. The molecule has 0 radical (unpaired) electrons. The van der Waals surface area contributed by atoms with E-state index in [0.717, 1.165) is 12.5 Å². The van der Waals surface area contributed by atoms with Crippen LogP contribution in [0.2, 0.25) is 0 Å². The van der Waals surface area contributed by atoms with Crippen LogP contribution in [0.3, 0.4) is 0 Å². The molecule has 0 spiro atoms. The van der Waals surface area contributed by atoms with Gasteiger partial charge in [0, 0.05) is 31.2 Å². The highest BCUT2D eigenvalue weighted by atomic mass is 15.3. The highest BCUT2D eigenvalue weighted by Crippen LogP contribution is 2.35. The first-order valence-corrected chi connectivity index (χ1v) is 7.33. The van der Waals surface area contributed by atoms with E-state index in [1.165, 1.54) is 32.4 Å². The Hall–Kier alpha value is -0.0800. The lowest BCUT2D eigenvalue weighted by Crippen LogP contribution is -2.65. The number of piperazine rings is 1. The average molecular weight is 238 g/mol. The van der Waals surface area contributed by atoms with Crippen LogP contribution in [0, 0.1) is 11.3 Å². The Morgan fingerprint density at radius 1 is 1.29 bits per heavy atom. The largest absolute Gasteiger partial charge is 0.309 e. The molecule has 1 heterocycles. The Morgan fingerprint density at radius 3 is 2.41 bits per heavy atom. The topological polar surface area (TPSA) is 15.3 Å². The number of nitrogens with zero attached hydrogens (tertiary/aromatic N) is 1. The molecule has 2 fully saturated rings. The van der Waals surface area contributed by atoms with Crippen molar-refractivity contribution >= 4 is 0 Å². The van der Waals surface area contributed by atoms with Gasteiger partial charge in [-0.25, -0.2) is 0 Å². The van der Waals surface area contributed by atoms with Gasteiger partial charge in [0.25, 0.3) is 0 Å². The summed E-state index contributed by atoms with van der Waals surface area (Å²) in [6.45, 7) is 15.5. The predicted molar refractivity (Wildman–Crippen MR) is 74.2 cm³/mol. The van der Waals surface area contributed by atoms with Crippen molar-refractivity contribution in [2.75, 3.05) is 19.6 Å². The zero-order valence-electron chi connectivity index (χ0n) is 12.3. The maximum absolute atomic E-state index is 3.78. The molecule has 0 aromatic heterocycles. The van der Waals surface area contributed by atoms with Crippen LogP contribution in [-0.2, 0) is 0 Å². The summed E-state index contributed by atoms with van der Waals surface area (Å²) in [5.74, 6) is 0.999. The van der Waals surface area contributed by atoms with Gasteiger partial charge in [0.1, 0.15) is 0 Å². The molecule has 1 N–H and O–H groups in total. The molecule has 1 saturated carbocycles. The second-order valence-electron chi connectivity index (χ2n) is 7.55. The Bertz CT molecular complexity index is 265. The molecule has 0 bridgehead atoms. The molecule has 100 valence electrons. The molecule has 0 aromatic rings. The SMILES string of the molecule is CCC1(C)CN(CC2CC2)C(C(C)(C)C)CN1. The number of nitrogens with one attached hydrogen (secondary N) is 1. The second-order valence-corrected chi connectivity index (χ2v) is 7.55. The second kappa shape index (κ2) is 4.55. The smallest absolute Gasteiger partial charge is 0.0278 e. The molecule has 2 aliphatic rings. The zero-order chi connectivity index (χ0) is 12.7. The minimum atomic E-state index is 0.330.